The van der Waals surface area contributed by atoms with E-state index in [0.717, 1.165) is 0 Å². The maximum absolute atomic E-state index is 11.7. The third-order valence-corrected chi connectivity index (χ3v) is 2.70. The summed E-state index contributed by atoms with van der Waals surface area (Å²) < 4.78 is 0. The first kappa shape index (κ1) is 14.5. The lowest BCUT2D eigenvalue weighted by Crippen LogP contribution is -2.33. The van der Waals surface area contributed by atoms with Gasteiger partial charge in [-0.05, 0) is 38.5 Å². The lowest BCUT2D eigenvalue weighted by Gasteiger charge is -2.17. The molecule has 1 aromatic carbocycles. The second-order valence-corrected chi connectivity index (χ2v) is 5.25. The van der Waals surface area contributed by atoms with E-state index < -0.39 is 0 Å². The van der Waals surface area contributed by atoms with Gasteiger partial charge in [-0.25, -0.2) is 0 Å². The molecule has 0 heterocycles. The van der Waals surface area contributed by atoms with Crippen LogP contribution in [0.15, 0.2) is 18.2 Å². The van der Waals surface area contributed by atoms with Gasteiger partial charge in [0.15, 0.2) is 0 Å². The van der Waals surface area contributed by atoms with Crippen molar-refractivity contribution in [2.75, 3.05) is 5.32 Å². The van der Waals surface area contributed by atoms with Crippen molar-refractivity contribution in [1.82, 2.24) is 0 Å². The molecule has 0 spiro atoms. The summed E-state index contributed by atoms with van der Waals surface area (Å²) in [6, 6.07) is 6.76. The average Bonchev–Trinajstić information content (AvgIpc) is 2.28. The van der Waals surface area contributed by atoms with Crippen LogP contribution in [0.5, 0.6) is 0 Å². The highest BCUT2D eigenvalue weighted by atomic mass is 35.5. The van der Waals surface area contributed by atoms with Gasteiger partial charge in [0.25, 0.3) is 0 Å². The minimum atomic E-state index is -0.366. The molecule has 0 bridgehead atoms. The SMILES string of the molecule is CC(C)(N)CCC(=O)Nc1ccc(Cl)c(C#N)c1. The number of hydrogen-bond donors (Lipinski definition) is 2. The molecule has 0 atom stereocenters. The standard InChI is InChI=1S/C13H16ClN3O/c1-13(2,16)6-5-12(18)17-10-3-4-11(14)9(7-10)8-15/h3-4,7H,5-6,16H2,1-2H3,(H,17,18). The summed E-state index contributed by atoms with van der Waals surface area (Å²) in [6.45, 7) is 3.74. The van der Waals surface area contributed by atoms with Gasteiger partial charge in [-0.3, -0.25) is 4.79 Å². The first-order valence-electron chi connectivity index (χ1n) is 5.60. The maximum atomic E-state index is 11.7. The Balaban J connectivity index is 2.63. The van der Waals surface area contributed by atoms with Crippen LogP contribution in [0.25, 0.3) is 0 Å². The molecule has 1 amide bonds. The van der Waals surface area contributed by atoms with Crippen LogP contribution in [0, 0.1) is 11.3 Å². The normalized spacial score (nSPS) is 10.8. The summed E-state index contributed by atoms with van der Waals surface area (Å²) in [5, 5.41) is 11.9. The molecular formula is C13H16ClN3O. The second-order valence-electron chi connectivity index (χ2n) is 4.84. The summed E-state index contributed by atoms with van der Waals surface area (Å²) in [7, 11) is 0. The number of rotatable bonds is 4. The topological polar surface area (TPSA) is 78.9 Å². The van der Waals surface area contributed by atoms with E-state index in [-0.39, 0.29) is 11.4 Å². The summed E-state index contributed by atoms with van der Waals surface area (Å²) in [5.41, 5.74) is 6.34. The number of halogens is 1. The van der Waals surface area contributed by atoms with Crippen LogP contribution in [0.1, 0.15) is 32.3 Å². The Morgan fingerprint density at radius 3 is 2.78 bits per heavy atom. The van der Waals surface area contributed by atoms with Crippen molar-refractivity contribution in [2.24, 2.45) is 5.73 Å². The summed E-state index contributed by atoms with van der Waals surface area (Å²) >= 11 is 5.80. The maximum Gasteiger partial charge on any atom is 0.224 e. The number of nitriles is 1. The van der Waals surface area contributed by atoms with Gasteiger partial charge in [0.2, 0.25) is 5.91 Å². The number of nitrogens with two attached hydrogens (primary N) is 1. The Kier molecular flexibility index (Phi) is 4.71. The number of amides is 1. The fourth-order valence-electron chi connectivity index (χ4n) is 1.35. The molecule has 0 fully saturated rings. The van der Waals surface area contributed by atoms with E-state index in [1.54, 1.807) is 18.2 Å². The molecule has 5 heteroatoms. The molecule has 0 unspecified atom stereocenters. The molecule has 1 rings (SSSR count). The molecule has 3 N–H and O–H groups in total. The molecule has 96 valence electrons. The molecule has 0 aliphatic carbocycles. The van der Waals surface area contributed by atoms with E-state index in [1.165, 1.54) is 0 Å². The molecule has 0 aliphatic heterocycles. The first-order valence-corrected chi connectivity index (χ1v) is 5.98. The lowest BCUT2D eigenvalue weighted by atomic mass is 10.00. The van der Waals surface area contributed by atoms with Gasteiger partial charge in [0, 0.05) is 17.6 Å². The Morgan fingerprint density at radius 2 is 2.22 bits per heavy atom. The Labute approximate surface area is 112 Å². The molecular weight excluding hydrogens is 250 g/mol. The molecule has 18 heavy (non-hydrogen) atoms. The Morgan fingerprint density at radius 1 is 1.56 bits per heavy atom. The van der Waals surface area contributed by atoms with Crippen molar-refractivity contribution in [3.8, 4) is 6.07 Å². The molecule has 0 radical (unpaired) electrons. The van der Waals surface area contributed by atoms with Gasteiger partial charge in [-0.15, -0.1) is 0 Å². The number of nitrogens with one attached hydrogen (secondary N) is 1. The third kappa shape index (κ3) is 4.74. The molecule has 0 saturated carbocycles. The number of carbonyl (C=O) groups excluding carboxylic acids is 1. The van der Waals surface area contributed by atoms with Crippen LogP contribution in [0.3, 0.4) is 0 Å². The summed E-state index contributed by atoms with van der Waals surface area (Å²) in [4.78, 5) is 11.7. The molecule has 0 saturated heterocycles. The lowest BCUT2D eigenvalue weighted by molar-refractivity contribution is -0.116. The van der Waals surface area contributed by atoms with Crippen molar-refractivity contribution in [2.45, 2.75) is 32.2 Å². The summed E-state index contributed by atoms with van der Waals surface area (Å²) in [5.74, 6) is -0.125. The van der Waals surface area contributed by atoms with Crippen molar-refractivity contribution in [1.29, 1.82) is 5.26 Å². The van der Waals surface area contributed by atoms with Crippen molar-refractivity contribution in [3.05, 3.63) is 28.8 Å². The quantitative estimate of drug-likeness (QED) is 0.878. The van der Waals surface area contributed by atoms with Crippen LogP contribution in [0.4, 0.5) is 5.69 Å². The fourth-order valence-corrected chi connectivity index (χ4v) is 1.51. The van der Waals surface area contributed by atoms with Crippen molar-refractivity contribution >= 4 is 23.2 Å². The number of nitrogens with zero attached hydrogens (tertiary/aromatic N) is 1. The molecule has 1 aromatic rings. The van der Waals surface area contributed by atoms with Gasteiger partial charge >= 0.3 is 0 Å². The Hall–Kier alpha value is -1.57. The van der Waals surface area contributed by atoms with Crippen LogP contribution < -0.4 is 11.1 Å². The van der Waals surface area contributed by atoms with Gasteiger partial charge in [-0.2, -0.15) is 5.26 Å². The zero-order valence-electron chi connectivity index (χ0n) is 10.5. The van der Waals surface area contributed by atoms with Crippen LogP contribution in [-0.2, 0) is 4.79 Å². The van der Waals surface area contributed by atoms with Gasteiger partial charge in [0.1, 0.15) is 6.07 Å². The van der Waals surface area contributed by atoms with Crippen LogP contribution >= 0.6 is 11.6 Å². The highest BCUT2D eigenvalue weighted by molar-refractivity contribution is 6.31. The third-order valence-electron chi connectivity index (χ3n) is 2.37. The van der Waals surface area contributed by atoms with Crippen molar-refractivity contribution in [3.63, 3.8) is 0 Å². The summed E-state index contributed by atoms with van der Waals surface area (Å²) in [6.07, 6.45) is 0.936. The number of anilines is 1. The highest BCUT2D eigenvalue weighted by Crippen LogP contribution is 2.20. The molecule has 0 aliphatic rings. The van der Waals surface area contributed by atoms with Gasteiger partial charge in [-0.1, -0.05) is 11.6 Å². The number of benzene rings is 1. The van der Waals surface area contributed by atoms with Crippen molar-refractivity contribution < 1.29 is 4.79 Å². The van der Waals surface area contributed by atoms with E-state index in [1.807, 2.05) is 19.9 Å². The number of hydrogen-bond acceptors (Lipinski definition) is 3. The minimum Gasteiger partial charge on any atom is -0.326 e. The minimum absolute atomic E-state index is 0.125. The smallest absolute Gasteiger partial charge is 0.224 e. The largest absolute Gasteiger partial charge is 0.326 e. The van der Waals surface area contributed by atoms with Crippen LogP contribution in [0.2, 0.25) is 5.02 Å². The van der Waals surface area contributed by atoms with E-state index in [0.29, 0.717) is 29.1 Å². The van der Waals surface area contributed by atoms with Crippen LogP contribution in [-0.4, -0.2) is 11.4 Å². The average molecular weight is 266 g/mol. The first-order chi connectivity index (χ1) is 8.31. The van der Waals surface area contributed by atoms with Gasteiger partial charge < -0.3 is 11.1 Å². The Bertz CT molecular complexity index is 486. The van der Waals surface area contributed by atoms with E-state index >= 15 is 0 Å². The second kappa shape index (κ2) is 5.85. The number of carbonyl (C=O) groups is 1. The molecule has 4 nitrogen and oxygen atoms in total. The van der Waals surface area contributed by atoms with E-state index in [9.17, 15) is 4.79 Å². The fraction of sp³-hybridized carbons (Fsp3) is 0.385. The monoisotopic (exact) mass is 265 g/mol. The molecule has 0 aromatic heterocycles. The van der Waals surface area contributed by atoms with E-state index in [2.05, 4.69) is 5.32 Å². The zero-order chi connectivity index (χ0) is 13.8. The highest BCUT2D eigenvalue weighted by Gasteiger charge is 2.13. The predicted octanol–water partition coefficient (Wildman–Crippen LogP) is 2.67. The van der Waals surface area contributed by atoms with Gasteiger partial charge in [0.05, 0.1) is 10.6 Å². The zero-order valence-corrected chi connectivity index (χ0v) is 11.2. The van der Waals surface area contributed by atoms with E-state index in [4.69, 9.17) is 22.6 Å². The predicted molar refractivity (Wildman–Crippen MR) is 72.3 cm³/mol.